The summed E-state index contributed by atoms with van der Waals surface area (Å²) in [4.78, 5) is 36.3. The zero-order chi connectivity index (χ0) is 24.2. The van der Waals surface area contributed by atoms with Crippen LogP contribution in [0.25, 0.3) is 6.08 Å². The molecule has 0 saturated carbocycles. The third-order valence-electron chi connectivity index (χ3n) is 5.81. The van der Waals surface area contributed by atoms with Crippen molar-refractivity contribution in [2.45, 2.75) is 52.5 Å². The number of thiazole rings is 1. The average molecular weight is 476 g/mol. The van der Waals surface area contributed by atoms with Crippen LogP contribution in [0.3, 0.4) is 0 Å². The molecule has 3 heterocycles. The smallest absolute Gasteiger partial charge is 0.338 e. The Hall–Kier alpha value is -3.32. The maximum atomic E-state index is 13.7. The first-order valence-corrected chi connectivity index (χ1v) is 12.5. The number of ether oxygens (including phenoxy) is 1. The molecule has 0 fully saturated rings. The number of benzene rings is 1. The minimum atomic E-state index is -0.586. The van der Waals surface area contributed by atoms with Crippen molar-refractivity contribution in [1.82, 2.24) is 9.55 Å². The van der Waals surface area contributed by atoms with Crippen LogP contribution in [0.15, 0.2) is 69.8 Å². The second-order valence-corrected chi connectivity index (χ2v) is 9.52. The molecule has 0 saturated heterocycles. The number of hydrogen-bond donors (Lipinski definition) is 0. The Morgan fingerprint density at radius 1 is 1.15 bits per heavy atom. The number of allylic oxidation sites excluding steroid dienone is 1. The lowest BCUT2D eigenvalue weighted by atomic mass is 9.92. The zero-order valence-corrected chi connectivity index (χ0v) is 20.8. The molecule has 0 radical (unpaired) electrons. The molecule has 0 bridgehead atoms. The van der Waals surface area contributed by atoms with E-state index in [1.165, 1.54) is 16.9 Å². The van der Waals surface area contributed by atoms with Gasteiger partial charge < -0.3 is 4.74 Å². The number of nitrogens with zero attached hydrogens (tertiary/aromatic N) is 3. The van der Waals surface area contributed by atoms with Gasteiger partial charge in [-0.15, -0.1) is 0 Å². The van der Waals surface area contributed by atoms with E-state index in [1.807, 2.05) is 30.3 Å². The van der Waals surface area contributed by atoms with E-state index in [1.54, 1.807) is 23.9 Å². The van der Waals surface area contributed by atoms with Crippen molar-refractivity contribution in [3.8, 4) is 0 Å². The van der Waals surface area contributed by atoms with Crippen LogP contribution in [0.4, 0.5) is 0 Å². The number of carbonyl (C=O) groups excluding carboxylic acids is 1. The summed E-state index contributed by atoms with van der Waals surface area (Å²) in [6.07, 6.45) is 6.69. The topological polar surface area (TPSA) is 73.6 Å². The Morgan fingerprint density at radius 2 is 1.85 bits per heavy atom. The van der Waals surface area contributed by atoms with Gasteiger partial charge in [0.15, 0.2) is 4.80 Å². The third-order valence-corrected chi connectivity index (χ3v) is 6.80. The molecule has 1 aliphatic rings. The molecule has 7 heteroatoms. The Balaban J connectivity index is 1.98. The normalized spacial score (nSPS) is 15.9. The fourth-order valence-electron chi connectivity index (χ4n) is 4.11. The summed E-state index contributed by atoms with van der Waals surface area (Å²) in [5.41, 5.74) is 3.92. The fourth-order valence-corrected chi connectivity index (χ4v) is 5.13. The van der Waals surface area contributed by atoms with E-state index < -0.39 is 12.0 Å². The molecule has 2 aromatic heterocycles. The number of fused-ring (bicyclic) bond motifs is 1. The van der Waals surface area contributed by atoms with E-state index in [9.17, 15) is 9.59 Å². The predicted molar refractivity (Wildman–Crippen MR) is 134 cm³/mol. The molecule has 0 N–H and O–H groups in total. The van der Waals surface area contributed by atoms with Gasteiger partial charge in [-0.05, 0) is 54.2 Å². The van der Waals surface area contributed by atoms with Crippen LogP contribution in [0.5, 0.6) is 0 Å². The van der Waals surface area contributed by atoms with Gasteiger partial charge in [0.25, 0.3) is 5.56 Å². The number of carbonyl (C=O) groups is 1. The Morgan fingerprint density at radius 3 is 2.47 bits per heavy atom. The Bertz CT molecular complexity index is 1380. The van der Waals surface area contributed by atoms with Gasteiger partial charge >= 0.3 is 5.97 Å². The molecule has 1 aromatic carbocycles. The van der Waals surface area contributed by atoms with Crippen LogP contribution >= 0.6 is 11.3 Å². The molecule has 0 amide bonds. The highest BCUT2D eigenvalue weighted by molar-refractivity contribution is 7.07. The minimum absolute atomic E-state index is 0.171. The SMILES string of the molecule is CCCC1=C(C(=O)OCC)[C@@H](c2ccc(C(C)C)cc2)n2c(s/c(=C\c3ccncc3)c2=O)=N1. The van der Waals surface area contributed by atoms with Gasteiger partial charge in [-0.2, -0.15) is 0 Å². The quantitative estimate of drug-likeness (QED) is 0.483. The van der Waals surface area contributed by atoms with Gasteiger partial charge in [0.1, 0.15) is 0 Å². The third kappa shape index (κ3) is 4.66. The fraction of sp³-hybridized carbons (Fsp3) is 0.333. The highest BCUT2D eigenvalue weighted by Crippen LogP contribution is 2.33. The second kappa shape index (κ2) is 10.3. The Kier molecular flexibility index (Phi) is 7.22. The highest BCUT2D eigenvalue weighted by Gasteiger charge is 2.34. The number of pyridine rings is 1. The number of esters is 1. The molecule has 34 heavy (non-hydrogen) atoms. The summed E-state index contributed by atoms with van der Waals surface area (Å²) >= 11 is 1.34. The van der Waals surface area contributed by atoms with Crippen LogP contribution in [-0.2, 0) is 9.53 Å². The van der Waals surface area contributed by atoms with Crippen molar-refractivity contribution in [2.75, 3.05) is 6.61 Å². The van der Waals surface area contributed by atoms with Crippen LogP contribution in [-0.4, -0.2) is 22.1 Å². The first-order valence-electron chi connectivity index (χ1n) is 11.7. The zero-order valence-electron chi connectivity index (χ0n) is 19.9. The van der Waals surface area contributed by atoms with E-state index in [4.69, 9.17) is 9.73 Å². The molecular formula is C27H29N3O3S. The molecule has 176 valence electrons. The number of hydrogen-bond acceptors (Lipinski definition) is 6. The van der Waals surface area contributed by atoms with Crippen molar-refractivity contribution in [3.05, 3.63) is 96.4 Å². The largest absolute Gasteiger partial charge is 0.463 e. The molecule has 0 aliphatic carbocycles. The van der Waals surface area contributed by atoms with Crippen molar-refractivity contribution in [3.63, 3.8) is 0 Å². The first kappa shape index (κ1) is 23.8. The summed E-state index contributed by atoms with van der Waals surface area (Å²) < 4.78 is 7.66. The molecule has 6 nitrogen and oxygen atoms in total. The van der Waals surface area contributed by atoms with Gasteiger partial charge in [-0.3, -0.25) is 14.3 Å². The van der Waals surface area contributed by atoms with E-state index in [2.05, 4.69) is 37.9 Å². The first-order chi connectivity index (χ1) is 16.4. The number of aromatic nitrogens is 2. The van der Waals surface area contributed by atoms with Gasteiger partial charge in [0.2, 0.25) is 0 Å². The van der Waals surface area contributed by atoms with Crippen molar-refractivity contribution in [1.29, 1.82) is 0 Å². The predicted octanol–water partition coefficient (Wildman–Crippen LogP) is 4.10. The molecule has 1 aliphatic heterocycles. The van der Waals surface area contributed by atoms with Gasteiger partial charge in [0.05, 0.1) is 28.5 Å². The molecule has 0 spiro atoms. The average Bonchev–Trinajstić information content (AvgIpc) is 3.14. The van der Waals surface area contributed by atoms with Gasteiger partial charge in [-0.25, -0.2) is 9.79 Å². The van der Waals surface area contributed by atoms with E-state index in [-0.39, 0.29) is 12.2 Å². The lowest BCUT2D eigenvalue weighted by molar-refractivity contribution is -0.139. The maximum Gasteiger partial charge on any atom is 0.338 e. The van der Waals surface area contributed by atoms with Crippen molar-refractivity contribution < 1.29 is 9.53 Å². The van der Waals surface area contributed by atoms with Crippen LogP contribution in [0.2, 0.25) is 0 Å². The van der Waals surface area contributed by atoms with Crippen molar-refractivity contribution >= 4 is 23.4 Å². The summed E-state index contributed by atoms with van der Waals surface area (Å²) in [7, 11) is 0. The number of rotatable bonds is 7. The highest BCUT2D eigenvalue weighted by atomic mass is 32.1. The molecule has 1 atom stereocenters. The van der Waals surface area contributed by atoms with E-state index in [0.29, 0.717) is 32.9 Å². The lowest BCUT2D eigenvalue weighted by Gasteiger charge is -2.26. The van der Waals surface area contributed by atoms with E-state index in [0.717, 1.165) is 17.5 Å². The standard InChI is InChI=1S/C27H29N3O3S/c1-5-7-21-23(26(32)33-6-2)24(20-10-8-19(9-11-20)17(3)4)30-25(31)22(34-27(30)29-21)16-18-12-14-28-15-13-18/h8-17,24H,5-7H2,1-4H3/b22-16-/t24-/m1/s1. The van der Waals surface area contributed by atoms with Gasteiger partial charge in [0, 0.05) is 12.4 Å². The van der Waals surface area contributed by atoms with Crippen LogP contribution in [0, 0.1) is 0 Å². The molecular weight excluding hydrogens is 446 g/mol. The monoisotopic (exact) mass is 475 g/mol. The van der Waals surface area contributed by atoms with Crippen molar-refractivity contribution in [2.24, 2.45) is 4.99 Å². The molecule has 3 aromatic rings. The second-order valence-electron chi connectivity index (χ2n) is 8.52. The lowest BCUT2D eigenvalue weighted by Crippen LogP contribution is -2.40. The molecule has 0 unspecified atom stereocenters. The van der Waals surface area contributed by atoms with E-state index >= 15 is 0 Å². The minimum Gasteiger partial charge on any atom is -0.463 e. The summed E-state index contributed by atoms with van der Waals surface area (Å²) in [6.45, 7) is 8.37. The summed E-state index contributed by atoms with van der Waals surface area (Å²) in [6, 6.07) is 11.3. The van der Waals surface area contributed by atoms with Crippen LogP contribution < -0.4 is 14.9 Å². The van der Waals surface area contributed by atoms with Crippen LogP contribution in [0.1, 0.15) is 69.2 Å². The summed E-state index contributed by atoms with van der Waals surface area (Å²) in [5, 5.41) is 0. The maximum absolute atomic E-state index is 13.7. The van der Waals surface area contributed by atoms with Gasteiger partial charge in [-0.1, -0.05) is 62.8 Å². The Labute approximate surface area is 203 Å². The molecule has 4 rings (SSSR count). The summed E-state index contributed by atoms with van der Waals surface area (Å²) in [5.74, 6) is -0.0387.